The maximum Gasteiger partial charge on any atom is 0.303 e. The van der Waals surface area contributed by atoms with Crippen LogP contribution in [-0.4, -0.2) is 54.8 Å². The standard InChI is InChI=1S/C12H19FN6O5/c1-4-15-18-19(13)9-5-11(16-17-14)24-10(6-22-7(2)20)12(9)23-8(3)21/h9-12H,4-6H2,1-3H3/t9-,10-,11?,12-/m1/s1. The summed E-state index contributed by atoms with van der Waals surface area (Å²) in [7, 11) is 0. The zero-order valence-electron chi connectivity index (χ0n) is 13.5. The molecule has 1 fully saturated rings. The van der Waals surface area contributed by atoms with Crippen LogP contribution in [0.4, 0.5) is 4.48 Å². The number of rotatable bonds is 7. The van der Waals surface area contributed by atoms with Crippen molar-refractivity contribution in [1.29, 1.82) is 0 Å². The molecule has 1 aliphatic heterocycles. The van der Waals surface area contributed by atoms with Crippen molar-refractivity contribution in [3.8, 4) is 0 Å². The van der Waals surface area contributed by atoms with Gasteiger partial charge in [-0.3, -0.25) is 9.59 Å². The maximum atomic E-state index is 14.2. The lowest BCUT2D eigenvalue weighted by Crippen LogP contribution is -2.55. The van der Waals surface area contributed by atoms with Crippen molar-refractivity contribution in [2.24, 2.45) is 15.5 Å². The smallest absolute Gasteiger partial charge is 0.303 e. The summed E-state index contributed by atoms with van der Waals surface area (Å²) in [5.74, 6) is -1.27. The topological polar surface area (TPSA) is 139 Å². The second-order valence-corrected chi connectivity index (χ2v) is 4.85. The van der Waals surface area contributed by atoms with Crippen LogP contribution in [0.1, 0.15) is 27.2 Å². The summed E-state index contributed by atoms with van der Waals surface area (Å²) in [6, 6.07) is -1.12. The van der Waals surface area contributed by atoms with E-state index in [2.05, 4.69) is 20.4 Å². The van der Waals surface area contributed by atoms with Gasteiger partial charge in [-0.25, -0.2) is 0 Å². The molecule has 12 heteroatoms. The Morgan fingerprint density at radius 3 is 2.67 bits per heavy atom. The summed E-state index contributed by atoms with van der Waals surface area (Å²) in [6.45, 7) is 3.94. The lowest BCUT2D eigenvalue weighted by Gasteiger charge is -2.39. The van der Waals surface area contributed by atoms with Crippen LogP contribution >= 0.6 is 0 Å². The Balaban J connectivity index is 3.05. The third-order valence-electron chi connectivity index (χ3n) is 3.02. The van der Waals surface area contributed by atoms with Crippen molar-refractivity contribution in [2.75, 3.05) is 13.2 Å². The van der Waals surface area contributed by atoms with E-state index in [-0.39, 0.29) is 24.8 Å². The number of carbonyl (C=O) groups excluding carboxylic acids is 2. The normalized spacial score (nSPS) is 26.5. The zero-order valence-corrected chi connectivity index (χ0v) is 13.5. The first-order valence-corrected chi connectivity index (χ1v) is 7.21. The Hall–Kier alpha value is -2.46. The van der Waals surface area contributed by atoms with Gasteiger partial charge >= 0.3 is 11.9 Å². The molecule has 4 atom stereocenters. The van der Waals surface area contributed by atoms with Crippen molar-refractivity contribution in [3.05, 3.63) is 10.4 Å². The maximum absolute atomic E-state index is 14.2. The molecule has 1 rings (SSSR count). The predicted octanol–water partition coefficient (Wildman–Crippen LogP) is 1.85. The van der Waals surface area contributed by atoms with Crippen LogP contribution in [0.2, 0.25) is 0 Å². The second kappa shape index (κ2) is 9.63. The Morgan fingerprint density at radius 2 is 2.12 bits per heavy atom. The minimum atomic E-state index is -1.13. The average Bonchev–Trinajstić information content (AvgIpc) is 2.51. The molecular formula is C12H19FN6O5. The number of azide groups is 1. The van der Waals surface area contributed by atoms with Crippen LogP contribution < -0.4 is 0 Å². The minimum Gasteiger partial charge on any atom is -0.463 e. The molecule has 0 radical (unpaired) electrons. The van der Waals surface area contributed by atoms with Gasteiger partial charge in [-0.15, -0.1) is 5.23 Å². The molecule has 1 saturated heterocycles. The fourth-order valence-electron chi connectivity index (χ4n) is 2.13. The van der Waals surface area contributed by atoms with Crippen molar-refractivity contribution < 1.29 is 28.3 Å². The number of carbonyl (C=O) groups is 2. The molecule has 0 aromatic carbocycles. The lowest BCUT2D eigenvalue weighted by atomic mass is 9.98. The molecule has 0 spiro atoms. The molecule has 134 valence electrons. The first-order chi connectivity index (χ1) is 11.4. The molecule has 0 aromatic heterocycles. The zero-order chi connectivity index (χ0) is 18.1. The number of hydrogen-bond donors (Lipinski definition) is 0. The molecule has 0 aliphatic carbocycles. The van der Waals surface area contributed by atoms with E-state index < -0.39 is 36.4 Å². The first kappa shape index (κ1) is 19.6. The van der Waals surface area contributed by atoms with E-state index in [1.807, 2.05) is 0 Å². The van der Waals surface area contributed by atoms with Crippen LogP contribution in [0.5, 0.6) is 0 Å². The molecule has 1 unspecified atom stereocenters. The van der Waals surface area contributed by atoms with Gasteiger partial charge < -0.3 is 14.2 Å². The molecule has 0 bridgehead atoms. The molecular weight excluding hydrogens is 327 g/mol. The van der Waals surface area contributed by atoms with E-state index in [4.69, 9.17) is 19.7 Å². The predicted molar refractivity (Wildman–Crippen MR) is 76.7 cm³/mol. The van der Waals surface area contributed by atoms with E-state index in [0.717, 1.165) is 6.92 Å². The van der Waals surface area contributed by atoms with Gasteiger partial charge in [0, 0.05) is 25.2 Å². The Kier molecular flexibility index (Phi) is 7.86. The number of esters is 2. The van der Waals surface area contributed by atoms with Crippen LogP contribution in [0.3, 0.4) is 0 Å². The quantitative estimate of drug-likeness (QED) is 0.172. The molecule has 11 nitrogen and oxygen atoms in total. The lowest BCUT2D eigenvalue weighted by molar-refractivity contribution is -0.214. The van der Waals surface area contributed by atoms with E-state index in [9.17, 15) is 14.1 Å². The summed E-state index contributed by atoms with van der Waals surface area (Å²) in [5.41, 5.74) is 8.56. The Labute approximate surface area is 137 Å². The Morgan fingerprint density at radius 1 is 1.42 bits per heavy atom. The van der Waals surface area contributed by atoms with Gasteiger partial charge in [0.05, 0.1) is 6.54 Å². The van der Waals surface area contributed by atoms with Gasteiger partial charge in [0.25, 0.3) is 0 Å². The third-order valence-corrected chi connectivity index (χ3v) is 3.02. The van der Waals surface area contributed by atoms with Gasteiger partial charge in [0.2, 0.25) is 0 Å². The van der Waals surface area contributed by atoms with E-state index in [0.29, 0.717) is 0 Å². The van der Waals surface area contributed by atoms with Crippen molar-refractivity contribution in [1.82, 2.24) is 5.23 Å². The monoisotopic (exact) mass is 346 g/mol. The average molecular weight is 346 g/mol. The summed E-state index contributed by atoms with van der Waals surface area (Å²) in [4.78, 5) is 24.9. The minimum absolute atomic E-state index is 0.0281. The fourth-order valence-corrected chi connectivity index (χ4v) is 2.13. The number of ether oxygens (including phenoxy) is 3. The third kappa shape index (κ3) is 5.97. The van der Waals surface area contributed by atoms with E-state index in [1.165, 1.54) is 6.92 Å². The van der Waals surface area contributed by atoms with Gasteiger partial charge in [0.1, 0.15) is 25.0 Å². The van der Waals surface area contributed by atoms with E-state index >= 15 is 0 Å². The summed E-state index contributed by atoms with van der Waals surface area (Å²) < 4.78 is 29.6. The molecule has 0 amide bonds. The van der Waals surface area contributed by atoms with Gasteiger partial charge in [0.15, 0.2) is 6.10 Å². The van der Waals surface area contributed by atoms with Crippen molar-refractivity contribution >= 4 is 11.9 Å². The first-order valence-electron chi connectivity index (χ1n) is 7.21. The highest BCUT2D eigenvalue weighted by molar-refractivity contribution is 5.66. The number of nitrogens with zero attached hydrogens (tertiary/aromatic N) is 6. The van der Waals surface area contributed by atoms with Gasteiger partial charge in [-0.05, 0) is 17.7 Å². The SMILES string of the molecule is CCN=NN(F)[C@@H]1CC(N=[N+]=[N-])O[C@H](COC(C)=O)[C@@H]1OC(C)=O. The molecule has 1 aliphatic rings. The van der Waals surface area contributed by atoms with Crippen LogP contribution in [0.15, 0.2) is 15.5 Å². The van der Waals surface area contributed by atoms with Crippen LogP contribution in [0.25, 0.3) is 10.4 Å². The Bertz CT molecular complexity index is 526. The molecule has 0 aromatic rings. The highest BCUT2D eigenvalue weighted by atomic mass is 19.2. The summed E-state index contributed by atoms with van der Waals surface area (Å²) >= 11 is 0. The molecule has 0 N–H and O–H groups in total. The van der Waals surface area contributed by atoms with E-state index in [1.54, 1.807) is 6.92 Å². The molecule has 24 heavy (non-hydrogen) atoms. The molecule has 0 saturated carbocycles. The largest absolute Gasteiger partial charge is 0.463 e. The van der Waals surface area contributed by atoms with Crippen molar-refractivity contribution in [3.63, 3.8) is 0 Å². The second-order valence-electron chi connectivity index (χ2n) is 4.85. The summed E-state index contributed by atoms with van der Waals surface area (Å²) in [5, 5.41) is 10.3. The molecule has 1 heterocycles. The van der Waals surface area contributed by atoms with Gasteiger partial charge in [-0.2, -0.15) is 5.11 Å². The van der Waals surface area contributed by atoms with Gasteiger partial charge in [-0.1, -0.05) is 9.60 Å². The highest BCUT2D eigenvalue weighted by Crippen LogP contribution is 2.29. The fraction of sp³-hybridized carbons (Fsp3) is 0.833. The van der Waals surface area contributed by atoms with Crippen LogP contribution in [-0.2, 0) is 23.8 Å². The highest BCUT2D eigenvalue weighted by Gasteiger charge is 2.45. The van der Waals surface area contributed by atoms with Crippen molar-refractivity contribution in [2.45, 2.75) is 51.7 Å². The van der Waals surface area contributed by atoms with Crippen LogP contribution in [0, 0.1) is 0 Å². The number of halogens is 1. The summed E-state index contributed by atoms with van der Waals surface area (Å²) in [6.07, 6.45) is -3.32. The number of hydrogen-bond acceptors (Lipinski definition) is 8.